The van der Waals surface area contributed by atoms with E-state index in [2.05, 4.69) is 26.8 Å². The van der Waals surface area contributed by atoms with Gasteiger partial charge >= 0.3 is 0 Å². The molecule has 1 aromatic carbocycles. The summed E-state index contributed by atoms with van der Waals surface area (Å²) in [5.74, 6) is 0.0758. The molecule has 0 radical (unpaired) electrons. The molecule has 4 heterocycles. The van der Waals surface area contributed by atoms with Gasteiger partial charge in [-0.05, 0) is 54.3 Å². The molecule has 0 aliphatic carbocycles. The van der Waals surface area contributed by atoms with Crippen molar-refractivity contribution < 1.29 is 13.2 Å². The number of carbonyl (C=O) groups is 1. The lowest BCUT2D eigenvalue weighted by molar-refractivity contribution is 0.0777. The number of aromatic amines is 1. The Balaban J connectivity index is 1.42. The summed E-state index contributed by atoms with van der Waals surface area (Å²) in [5, 5.41) is 2.92. The molecule has 0 saturated carbocycles. The van der Waals surface area contributed by atoms with Crippen molar-refractivity contribution in [2.24, 2.45) is 0 Å². The number of sulfonamides is 1. The average Bonchev–Trinajstić information content (AvgIpc) is 3.54. The van der Waals surface area contributed by atoms with Crippen LogP contribution in [0, 0.1) is 0 Å². The minimum absolute atomic E-state index is 0.0758. The molecule has 1 aliphatic rings. The lowest BCUT2D eigenvalue weighted by Gasteiger charge is -2.26. The number of amides is 1. The van der Waals surface area contributed by atoms with Crippen LogP contribution in [0.15, 0.2) is 71.2 Å². The minimum atomic E-state index is -3.47. The van der Waals surface area contributed by atoms with Crippen molar-refractivity contribution in [1.82, 2.24) is 19.6 Å². The molecular weight excluding hydrogens is 456 g/mol. The van der Waals surface area contributed by atoms with Crippen LogP contribution in [-0.4, -0.2) is 49.3 Å². The van der Waals surface area contributed by atoms with E-state index in [9.17, 15) is 13.2 Å². The molecular formula is C24H22N4O3S2. The van der Waals surface area contributed by atoms with E-state index in [0.717, 1.165) is 39.0 Å². The molecule has 2 N–H and O–H groups in total. The molecule has 168 valence electrons. The third-order valence-corrected chi connectivity index (χ3v) is 8.16. The van der Waals surface area contributed by atoms with E-state index in [1.54, 1.807) is 30.5 Å². The summed E-state index contributed by atoms with van der Waals surface area (Å²) < 4.78 is 26.3. The summed E-state index contributed by atoms with van der Waals surface area (Å²) in [6.45, 7) is 1.25. The first kappa shape index (κ1) is 21.6. The van der Waals surface area contributed by atoms with Gasteiger partial charge in [-0.3, -0.25) is 4.79 Å². The summed E-state index contributed by atoms with van der Waals surface area (Å²) in [4.78, 5) is 23.3. The van der Waals surface area contributed by atoms with Crippen molar-refractivity contribution in [3.8, 4) is 11.1 Å². The molecule has 0 unspecified atom stereocenters. The van der Waals surface area contributed by atoms with Crippen LogP contribution in [0.4, 0.5) is 0 Å². The molecule has 0 atom stereocenters. The Morgan fingerprint density at radius 2 is 2.00 bits per heavy atom. The Hall–Kier alpha value is -3.27. The van der Waals surface area contributed by atoms with Crippen LogP contribution < -0.4 is 4.72 Å². The molecule has 1 aliphatic heterocycles. The van der Waals surface area contributed by atoms with Gasteiger partial charge in [0.15, 0.2) is 0 Å². The molecule has 4 aromatic rings. The van der Waals surface area contributed by atoms with Crippen LogP contribution in [0.25, 0.3) is 27.7 Å². The number of hydrogen-bond donors (Lipinski definition) is 2. The van der Waals surface area contributed by atoms with Gasteiger partial charge in [-0.25, -0.2) is 18.1 Å². The number of hydrogen-bond acceptors (Lipinski definition) is 5. The lowest BCUT2D eigenvalue weighted by Crippen LogP contribution is -2.34. The number of fused-ring (bicyclic) bond motifs is 1. The highest BCUT2D eigenvalue weighted by Crippen LogP contribution is 2.32. The summed E-state index contributed by atoms with van der Waals surface area (Å²) in [7, 11) is -2.08. The van der Waals surface area contributed by atoms with Gasteiger partial charge in [0.1, 0.15) is 5.65 Å². The van der Waals surface area contributed by atoms with Gasteiger partial charge in [0, 0.05) is 42.0 Å². The highest BCUT2D eigenvalue weighted by atomic mass is 32.2. The number of nitrogens with one attached hydrogen (secondary N) is 2. The summed E-state index contributed by atoms with van der Waals surface area (Å²) in [6, 6.07) is 12.6. The van der Waals surface area contributed by atoms with Gasteiger partial charge in [0.25, 0.3) is 5.91 Å². The quantitative estimate of drug-likeness (QED) is 0.451. The van der Waals surface area contributed by atoms with Gasteiger partial charge in [0.05, 0.1) is 9.77 Å². The summed E-state index contributed by atoms with van der Waals surface area (Å²) >= 11 is 1.47. The van der Waals surface area contributed by atoms with Crippen molar-refractivity contribution in [3.05, 3.63) is 76.8 Å². The normalized spacial score (nSPS) is 14.5. The van der Waals surface area contributed by atoms with E-state index >= 15 is 0 Å². The number of H-pyrrole nitrogens is 1. The van der Waals surface area contributed by atoms with Gasteiger partial charge in [0.2, 0.25) is 10.0 Å². The minimum Gasteiger partial charge on any atom is -0.346 e. The molecule has 9 heteroatoms. The maximum atomic E-state index is 12.6. The van der Waals surface area contributed by atoms with Crippen LogP contribution in [0.5, 0.6) is 0 Å². The van der Waals surface area contributed by atoms with Crippen molar-refractivity contribution in [2.75, 3.05) is 20.1 Å². The number of thiophene rings is 1. The van der Waals surface area contributed by atoms with E-state index < -0.39 is 10.0 Å². The highest BCUT2D eigenvalue weighted by Gasteiger charge is 2.21. The Kier molecular flexibility index (Phi) is 5.61. The van der Waals surface area contributed by atoms with Crippen LogP contribution in [0.1, 0.15) is 21.7 Å². The zero-order valence-corrected chi connectivity index (χ0v) is 19.5. The second-order valence-corrected chi connectivity index (χ2v) is 10.6. The molecule has 33 heavy (non-hydrogen) atoms. The second-order valence-electron chi connectivity index (χ2n) is 7.76. The number of benzene rings is 1. The maximum Gasteiger partial charge on any atom is 0.264 e. The second kappa shape index (κ2) is 8.58. The first-order valence-electron chi connectivity index (χ1n) is 10.5. The molecule has 1 amide bonds. The average molecular weight is 479 g/mol. The van der Waals surface area contributed by atoms with Crippen molar-refractivity contribution in [2.45, 2.75) is 11.3 Å². The van der Waals surface area contributed by atoms with Gasteiger partial charge in [-0.2, -0.15) is 0 Å². The molecule has 0 bridgehead atoms. The number of aromatic nitrogens is 2. The third-order valence-electron chi connectivity index (χ3n) is 5.87. The van der Waals surface area contributed by atoms with Gasteiger partial charge < -0.3 is 9.88 Å². The van der Waals surface area contributed by atoms with Gasteiger partial charge in [-0.15, -0.1) is 11.3 Å². The fourth-order valence-corrected chi connectivity index (χ4v) is 5.45. The van der Waals surface area contributed by atoms with E-state index in [1.807, 2.05) is 28.6 Å². The summed E-state index contributed by atoms with van der Waals surface area (Å²) in [6.07, 6.45) is 6.63. The fourth-order valence-electron chi connectivity index (χ4n) is 4.03. The summed E-state index contributed by atoms with van der Waals surface area (Å²) in [5.41, 5.74) is 4.85. The fraction of sp³-hybridized carbons (Fsp3) is 0.167. The van der Waals surface area contributed by atoms with Crippen LogP contribution >= 0.6 is 11.3 Å². The Bertz CT molecular complexity index is 1450. The standard InChI is InChI=1S/C24H22N4O3S2/c1-25-33(30,31)19-6-4-16(5-7-19)18-13-20-21(15-27-23(20)26-14-18)17-8-10-28(11-9-17)24(29)22-3-2-12-32-22/h2-8,12-15,25H,9-11H2,1H3,(H,26,27). The molecule has 5 rings (SSSR count). The van der Waals surface area contributed by atoms with Gasteiger partial charge in [-0.1, -0.05) is 24.3 Å². The van der Waals surface area contributed by atoms with Crippen molar-refractivity contribution in [1.29, 1.82) is 0 Å². The van der Waals surface area contributed by atoms with E-state index in [1.165, 1.54) is 24.0 Å². The predicted molar refractivity (Wildman–Crippen MR) is 131 cm³/mol. The zero-order valence-electron chi connectivity index (χ0n) is 17.9. The van der Waals surface area contributed by atoms with E-state index in [4.69, 9.17) is 0 Å². The SMILES string of the molecule is CNS(=O)(=O)c1ccc(-c2cnc3[nH]cc(C4=CCN(C(=O)c5cccs5)CC4)c3c2)cc1. The highest BCUT2D eigenvalue weighted by molar-refractivity contribution is 7.89. The monoisotopic (exact) mass is 478 g/mol. The molecule has 0 spiro atoms. The Morgan fingerprint density at radius 3 is 2.67 bits per heavy atom. The number of rotatable bonds is 5. The Labute approximate surface area is 195 Å². The number of carbonyl (C=O) groups excluding carboxylic acids is 1. The van der Waals surface area contributed by atoms with Crippen molar-refractivity contribution >= 4 is 43.9 Å². The number of pyridine rings is 1. The molecule has 0 fully saturated rings. The first-order chi connectivity index (χ1) is 16.0. The third kappa shape index (κ3) is 4.10. The Morgan fingerprint density at radius 1 is 1.18 bits per heavy atom. The zero-order chi connectivity index (χ0) is 23.0. The van der Waals surface area contributed by atoms with Crippen LogP contribution in [-0.2, 0) is 10.0 Å². The first-order valence-corrected chi connectivity index (χ1v) is 12.9. The topological polar surface area (TPSA) is 95.2 Å². The number of nitrogens with zero attached hydrogens (tertiary/aromatic N) is 2. The van der Waals surface area contributed by atoms with Crippen LogP contribution in [0.2, 0.25) is 0 Å². The van der Waals surface area contributed by atoms with Crippen molar-refractivity contribution in [3.63, 3.8) is 0 Å². The van der Waals surface area contributed by atoms with E-state index in [-0.39, 0.29) is 10.8 Å². The predicted octanol–water partition coefficient (Wildman–Crippen LogP) is 4.13. The molecule has 7 nitrogen and oxygen atoms in total. The van der Waals surface area contributed by atoms with E-state index in [0.29, 0.717) is 13.1 Å². The van der Waals surface area contributed by atoms with Crippen LogP contribution in [0.3, 0.4) is 0 Å². The molecule has 3 aromatic heterocycles. The maximum absolute atomic E-state index is 12.6. The largest absolute Gasteiger partial charge is 0.346 e. The molecule has 0 saturated heterocycles. The smallest absolute Gasteiger partial charge is 0.264 e. The lowest BCUT2D eigenvalue weighted by atomic mass is 9.98.